The Morgan fingerprint density at radius 1 is 1.44 bits per heavy atom. The molecule has 0 fully saturated rings. The van der Waals surface area contributed by atoms with E-state index in [1.54, 1.807) is 16.7 Å². The van der Waals surface area contributed by atoms with E-state index < -0.39 is 0 Å². The second-order valence-corrected chi connectivity index (χ2v) is 4.17. The Hall–Kier alpha value is -1.58. The fourth-order valence-corrected chi connectivity index (χ4v) is 1.53. The molecule has 88 valence electrons. The highest BCUT2D eigenvalue weighted by Gasteiger charge is 2.07. The van der Waals surface area contributed by atoms with Crippen molar-refractivity contribution in [2.75, 3.05) is 19.0 Å². The minimum atomic E-state index is -0.0238. The summed E-state index contributed by atoms with van der Waals surface area (Å²) in [6, 6.07) is 5.18. The fourth-order valence-electron chi connectivity index (χ4n) is 1.53. The number of hydrogen-bond donors (Lipinski definition) is 0. The molecule has 0 radical (unpaired) electrons. The third-order valence-corrected chi connectivity index (χ3v) is 2.53. The lowest BCUT2D eigenvalue weighted by Gasteiger charge is -2.19. The van der Waals surface area contributed by atoms with Crippen LogP contribution < -0.4 is 10.5 Å². The van der Waals surface area contributed by atoms with Crippen LogP contribution in [-0.4, -0.2) is 24.9 Å². The molecule has 1 aromatic heterocycles. The van der Waals surface area contributed by atoms with Gasteiger partial charge in [-0.2, -0.15) is 0 Å². The predicted molar refractivity (Wildman–Crippen MR) is 64.9 cm³/mol. The molecule has 0 aliphatic heterocycles. The Bertz CT molecular complexity index is 410. The van der Waals surface area contributed by atoms with E-state index in [1.807, 2.05) is 32.0 Å². The lowest BCUT2D eigenvalue weighted by atomic mass is 10.1. The second kappa shape index (κ2) is 5.49. The van der Waals surface area contributed by atoms with Crippen LogP contribution >= 0.6 is 0 Å². The third-order valence-electron chi connectivity index (χ3n) is 2.53. The number of nitrogens with zero attached hydrogens (tertiary/aromatic N) is 2. The van der Waals surface area contributed by atoms with Crippen molar-refractivity contribution in [3.8, 4) is 0 Å². The molecule has 0 spiro atoms. The number of aldehydes is 1. The van der Waals surface area contributed by atoms with Gasteiger partial charge in [-0.25, -0.2) is 0 Å². The summed E-state index contributed by atoms with van der Waals surface area (Å²) in [6.45, 7) is 2.43. The van der Waals surface area contributed by atoms with Crippen LogP contribution in [0.2, 0.25) is 0 Å². The number of carbonyl (C=O) groups excluding carboxylic acids is 1. The van der Waals surface area contributed by atoms with Crippen molar-refractivity contribution >= 4 is 12.1 Å². The van der Waals surface area contributed by atoms with Crippen LogP contribution in [0.4, 0.5) is 5.82 Å². The summed E-state index contributed by atoms with van der Waals surface area (Å²) >= 11 is 0. The van der Waals surface area contributed by atoms with Crippen LogP contribution in [0, 0.1) is 5.92 Å². The van der Waals surface area contributed by atoms with Crippen molar-refractivity contribution in [2.24, 2.45) is 5.92 Å². The van der Waals surface area contributed by atoms with E-state index in [9.17, 15) is 9.59 Å². The molecule has 0 saturated carbocycles. The van der Waals surface area contributed by atoms with Gasteiger partial charge in [-0.1, -0.05) is 13.0 Å². The monoisotopic (exact) mass is 222 g/mol. The Morgan fingerprint density at radius 2 is 2.12 bits per heavy atom. The molecule has 1 atom stereocenters. The van der Waals surface area contributed by atoms with E-state index in [1.165, 1.54) is 0 Å². The predicted octanol–water partition coefficient (Wildman–Crippen LogP) is 1.14. The average Bonchev–Trinajstić information content (AvgIpc) is 2.26. The number of pyridine rings is 1. The van der Waals surface area contributed by atoms with E-state index in [2.05, 4.69) is 0 Å². The zero-order valence-electron chi connectivity index (χ0n) is 10.0. The molecule has 1 heterocycles. The number of carbonyl (C=O) groups is 1. The van der Waals surface area contributed by atoms with Crippen molar-refractivity contribution < 1.29 is 4.79 Å². The van der Waals surface area contributed by atoms with Gasteiger partial charge in [0.1, 0.15) is 12.1 Å². The van der Waals surface area contributed by atoms with Gasteiger partial charge in [0.05, 0.1) is 0 Å². The van der Waals surface area contributed by atoms with E-state index in [0.29, 0.717) is 13.0 Å². The zero-order valence-corrected chi connectivity index (χ0v) is 10.0. The molecule has 1 unspecified atom stereocenters. The fraction of sp³-hybridized carbons (Fsp3) is 0.500. The van der Waals surface area contributed by atoms with Crippen molar-refractivity contribution in [3.05, 3.63) is 28.6 Å². The Morgan fingerprint density at radius 3 is 2.69 bits per heavy atom. The number of rotatable bonds is 5. The van der Waals surface area contributed by atoms with E-state index >= 15 is 0 Å². The quantitative estimate of drug-likeness (QED) is 0.702. The first-order valence-electron chi connectivity index (χ1n) is 5.38. The van der Waals surface area contributed by atoms with E-state index in [4.69, 9.17) is 0 Å². The summed E-state index contributed by atoms with van der Waals surface area (Å²) in [7, 11) is 3.79. The Kier molecular flexibility index (Phi) is 4.28. The van der Waals surface area contributed by atoms with Gasteiger partial charge in [0.15, 0.2) is 0 Å². The highest BCUT2D eigenvalue weighted by Crippen LogP contribution is 2.10. The van der Waals surface area contributed by atoms with Gasteiger partial charge in [-0.05, 0) is 12.5 Å². The lowest BCUT2D eigenvalue weighted by Crippen LogP contribution is -2.26. The molecule has 0 N–H and O–H groups in total. The smallest absolute Gasteiger partial charge is 0.252 e. The molecule has 0 aromatic carbocycles. The maximum Gasteiger partial charge on any atom is 0.252 e. The SMILES string of the molecule is CC(C=O)CCn1c(N(C)C)cccc1=O. The Labute approximate surface area is 95.5 Å². The molecule has 0 bridgehead atoms. The number of anilines is 1. The van der Waals surface area contributed by atoms with Crippen LogP contribution in [0.5, 0.6) is 0 Å². The molecule has 0 aliphatic carbocycles. The summed E-state index contributed by atoms with van der Waals surface area (Å²) in [5, 5.41) is 0. The number of hydrogen-bond acceptors (Lipinski definition) is 3. The Balaban J connectivity index is 2.93. The van der Waals surface area contributed by atoms with Crippen molar-refractivity contribution in [3.63, 3.8) is 0 Å². The summed E-state index contributed by atoms with van der Waals surface area (Å²) in [5.74, 6) is 0.854. The summed E-state index contributed by atoms with van der Waals surface area (Å²) < 4.78 is 1.69. The molecule has 1 aromatic rings. The molecule has 4 heteroatoms. The topological polar surface area (TPSA) is 42.3 Å². The van der Waals surface area contributed by atoms with Gasteiger partial charge >= 0.3 is 0 Å². The van der Waals surface area contributed by atoms with Gasteiger partial charge in [-0.15, -0.1) is 0 Å². The first-order chi connectivity index (χ1) is 7.56. The lowest BCUT2D eigenvalue weighted by molar-refractivity contribution is -0.110. The second-order valence-electron chi connectivity index (χ2n) is 4.17. The molecule has 0 saturated heterocycles. The molecular weight excluding hydrogens is 204 g/mol. The largest absolute Gasteiger partial charge is 0.364 e. The van der Waals surface area contributed by atoms with Crippen LogP contribution in [-0.2, 0) is 11.3 Å². The minimum Gasteiger partial charge on any atom is -0.364 e. The van der Waals surface area contributed by atoms with Gasteiger partial charge in [0.25, 0.3) is 5.56 Å². The van der Waals surface area contributed by atoms with Gasteiger partial charge in [-0.3, -0.25) is 9.36 Å². The molecule has 16 heavy (non-hydrogen) atoms. The average molecular weight is 222 g/mol. The summed E-state index contributed by atoms with van der Waals surface area (Å²) in [4.78, 5) is 24.1. The normalized spacial score (nSPS) is 12.2. The van der Waals surface area contributed by atoms with Crippen molar-refractivity contribution in [1.82, 2.24) is 4.57 Å². The van der Waals surface area contributed by atoms with Gasteiger partial charge < -0.3 is 9.69 Å². The van der Waals surface area contributed by atoms with E-state index in [0.717, 1.165) is 12.1 Å². The highest BCUT2D eigenvalue weighted by atomic mass is 16.1. The standard InChI is InChI=1S/C12H18N2O2/c1-10(9-15)7-8-14-11(13(2)3)5-4-6-12(14)16/h4-6,9-10H,7-8H2,1-3H3. The van der Waals surface area contributed by atoms with Crippen LogP contribution in [0.15, 0.2) is 23.0 Å². The summed E-state index contributed by atoms with van der Waals surface area (Å²) in [6.07, 6.45) is 1.61. The molecule has 0 aliphatic rings. The van der Waals surface area contributed by atoms with Crippen LogP contribution in [0.3, 0.4) is 0 Å². The van der Waals surface area contributed by atoms with Crippen LogP contribution in [0.1, 0.15) is 13.3 Å². The highest BCUT2D eigenvalue weighted by molar-refractivity contribution is 5.52. The van der Waals surface area contributed by atoms with Gasteiger partial charge in [0.2, 0.25) is 0 Å². The van der Waals surface area contributed by atoms with Crippen LogP contribution in [0.25, 0.3) is 0 Å². The van der Waals surface area contributed by atoms with Crippen molar-refractivity contribution in [1.29, 1.82) is 0 Å². The maximum atomic E-state index is 11.7. The molecular formula is C12H18N2O2. The van der Waals surface area contributed by atoms with Crippen molar-refractivity contribution in [2.45, 2.75) is 19.9 Å². The molecule has 0 amide bonds. The first kappa shape index (κ1) is 12.5. The zero-order chi connectivity index (χ0) is 12.1. The molecule has 4 nitrogen and oxygen atoms in total. The number of aromatic nitrogens is 1. The molecule has 1 rings (SSSR count). The van der Waals surface area contributed by atoms with E-state index in [-0.39, 0.29) is 11.5 Å². The maximum absolute atomic E-state index is 11.7. The van der Waals surface area contributed by atoms with Gasteiger partial charge in [0, 0.05) is 32.6 Å². The minimum absolute atomic E-state index is 0.0119. The summed E-state index contributed by atoms with van der Waals surface area (Å²) in [5.41, 5.74) is -0.0238. The first-order valence-corrected chi connectivity index (χ1v) is 5.38. The third kappa shape index (κ3) is 2.95.